The fourth-order valence-electron chi connectivity index (χ4n) is 4.66. The second kappa shape index (κ2) is 13.6. The third-order valence-corrected chi connectivity index (χ3v) is 6.71. The molecule has 0 spiro atoms. The average molecular weight is 558 g/mol. The maximum atomic E-state index is 15.0. The molecule has 1 amide bonds. The van der Waals surface area contributed by atoms with Crippen LogP contribution in [0.3, 0.4) is 0 Å². The lowest BCUT2D eigenvalue weighted by molar-refractivity contribution is -0.159. The molecule has 4 rings (SSSR count). The van der Waals surface area contributed by atoms with E-state index in [4.69, 9.17) is 19.8 Å². The van der Waals surface area contributed by atoms with Crippen molar-refractivity contribution in [2.45, 2.75) is 51.7 Å². The Balaban J connectivity index is 0.000000663. The van der Waals surface area contributed by atoms with Gasteiger partial charge in [-0.1, -0.05) is 25.1 Å². The Bertz CT molecular complexity index is 1360. The molecule has 2 N–H and O–H groups in total. The van der Waals surface area contributed by atoms with Crippen molar-refractivity contribution in [2.24, 2.45) is 0 Å². The molecule has 1 aromatic carbocycles. The van der Waals surface area contributed by atoms with Crippen molar-refractivity contribution in [3.05, 3.63) is 70.7 Å². The molecule has 0 saturated carbocycles. The van der Waals surface area contributed by atoms with Gasteiger partial charge in [0.25, 0.3) is 0 Å². The number of pyridine rings is 1. The third kappa shape index (κ3) is 6.75. The van der Waals surface area contributed by atoms with Crippen LogP contribution in [0.15, 0.2) is 53.5 Å². The zero-order chi connectivity index (χ0) is 29.3. The lowest BCUT2D eigenvalue weighted by Crippen LogP contribution is -2.56. The Morgan fingerprint density at radius 3 is 2.10 bits per heavy atom. The Kier molecular flexibility index (Phi) is 10.2. The van der Waals surface area contributed by atoms with E-state index in [1.54, 1.807) is 36.2 Å². The Labute approximate surface area is 229 Å². The first-order valence-electron chi connectivity index (χ1n) is 12.8. The van der Waals surface area contributed by atoms with E-state index in [0.29, 0.717) is 45.6 Å². The number of hydrogen-bond acceptors (Lipinski definition) is 8. The maximum Gasteiger partial charge on any atom is 0.414 e. The summed E-state index contributed by atoms with van der Waals surface area (Å²) in [6, 6.07) is 12.1. The van der Waals surface area contributed by atoms with Crippen molar-refractivity contribution in [2.75, 3.05) is 24.5 Å². The standard InChI is InChI=1S/C24H30FN7O2.C2H2O4/c1-3-22(33)32(20-10-6-5-9-19(20)25)24(21-11-7-8-14-26-21)12-15-29(16-13-24)17-18-31-23(34)30(4-2)27-28-31;3-1(4)2(5)6/h5-11,14H,3-4,12-13,15-18H2,1-2H3;(H,3,4)(H,5,6). The number of nitrogens with zero attached hydrogens (tertiary/aromatic N) is 7. The molecule has 14 heteroatoms. The molecule has 1 aliphatic heterocycles. The van der Waals surface area contributed by atoms with Gasteiger partial charge in [0.2, 0.25) is 5.91 Å². The topological polar surface area (TPSA) is 164 Å². The highest BCUT2D eigenvalue weighted by Gasteiger charge is 2.46. The summed E-state index contributed by atoms with van der Waals surface area (Å²) in [6.07, 6.45) is 3.13. The number of likely N-dealkylation sites (tertiary alicyclic amines) is 1. The van der Waals surface area contributed by atoms with Gasteiger partial charge < -0.3 is 15.1 Å². The highest BCUT2D eigenvalue weighted by atomic mass is 19.1. The number of para-hydroxylation sites is 1. The largest absolute Gasteiger partial charge is 0.473 e. The number of halogens is 1. The van der Waals surface area contributed by atoms with Crippen LogP contribution in [0.1, 0.15) is 38.8 Å². The number of aromatic nitrogens is 5. The molecule has 0 radical (unpaired) electrons. The maximum absolute atomic E-state index is 15.0. The molecule has 0 bridgehead atoms. The van der Waals surface area contributed by atoms with E-state index in [0.717, 1.165) is 5.69 Å². The number of anilines is 1. The van der Waals surface area contributed by atoms with Gasteiger partial charge in [0.1, 0.15) is 5.82 Å². The average Bonchev–Trinajstić information content (AvgIpc) is 3.33. The smallest absolute Gasteiger partial charge is 0.414 e. The van der Waals surface area contributed by atoms with Crippen LogP contribution in [0.25, 0.3) is 0 Å². The first-order valence-corrected chi connectivity index (χ1v) is 12.8. The van der Waals surface area contributed by atoms with Crippen LogP contribution in [0.5, 0.6) is 0 Å². The second-order valence-electron chi connectivity index (χ2n) is 9.03. The second-order valence-corrected chi connectivity index (χ2v) is 9.03. The molecule has 1 aliphatic rings. The minimum Gasteiger partial charge on any atom is -0.473 e. The van der Waals surface area contributed by atoms with Gasteiger partial charge in [-0.15, -0.1) is 0 Å². The minimum absolute atomic E-state index is 0.146. The van der Waals surface area contributed by atoms with E-state index >= 15 is 0 Å². The molecule has 1 fully saturated rings. The van der Waals surface area contributed by atoms with Crippen molar-refractivity contribution in [1.29, 1.82) is 0 Å². The van der Waals surface area contributed by atoms with Gasteiger partial charge in [-0.05, 0) is 54.5 Å². The first kappa shape index (κ1) is 30.1. The number of aliphatic carboxylic acids is 2. The zero-order valence-corrected chi connectivity index (χ0v) is 22.3. The van der Waals surface area contributed by atoms with E-state index < -0.39 is 23.3 Å². The van der Waals surface area contributed by atoms with Gasteiger partial charge in [-0.25, -0.2) is 18.8 Å². The van der Waals surface area contributed by atoms with Gasteiger partial charge in [-0.3, -0.25) is 14.7 Å². The number of amides is 1. The molecule has 0 unspecified atom stereocenters. The van der Waals surface area contributed by atoms with Gasteiger partial charge >= 0.3 is 17.6 Å². The van der Waals surface area contributed by atoms with E-state index in [2.05, 4.69) is 20.3 Å². The number of carbonyl (C=O) groups excluding carboxylic acids is 1. The molecule has 1 saturated heterocycles. The van der Waals surface area contributed by atoms with Crippen LogP contribution in [0.2, 0.25) is 0 Å². The van der Waals surface area contributed by atoms with Crippen LogP contribution >= 0.6 is 0 Å². The zero-order valence-electron chi connectivity index (χ0n) is 22.3. The summed E-state index contributed by atoms with van der Waals surface area (Å²) < 4.78 is 17.7. The minimum atomic E-state index is -1.82. The molecular formula is C26H32FN7O6. The Morgan fingerprint density at radius 2 is 1.57 bits per heavy atom. The quantitative estimate of drug-likeness (QED) is 0.389. The molecule has 40 heavy (non-hydrogen) atoms. The lowest BCUT2D eigenvalue weighted by atomic mass is 9.81. The molecule has 13 nitrogen and oxygen atoms in total. The van der Waals surface area contributed by atoms with Gasteiger partial charge in [0.15, 0.2) is 0 Å². The summed E-state index contributed by atoms with van der Waals surface area (Å²) in [4.78, 5) is 52.2. The molecule has 2 aromatic heterocycles. The van der Waals surface area contributed by atoms with Crippen LogP contribution in [-0.4, -0.2) is 77.4 Å². The van der Waals surface area contributed by atoms with Crippen LogP contribution < -0.4 is 10.6 Å². The summed E-state index contributed by atoms with van der Waals surface area (Å²) >= 11 is 0. The van der Waals surface area contributed by atoms with E-state index in [1.807, 2.05) is 25.1 Å². The number of aryl methyl sites for hydroxylation is 1. The third-order valence-electron chi connectivity index (χ3n) is 6.71. The summed E-state index contributed by atoms with van der Waals surface area (Å²) in [5.41, 5.74) is 0.0366. The van der Waals surface area contributed by atoms with E-state index in [9.17, 15) is 14.0 Å². The normalized spacial score (nSPS) is 14.6. The van der Waals surface area contributed by atoms with Crippen LogP contribution in [0.4, 0.5) is 10.1 Å². The van der Waals surface area contributed by atoms with E-state index in [-0.39, 0.29) is 23.7 Å². The number of carbonyl (C=O) groups is 3. The molecule has 3 heterocycles. The number of tetrazole rings is 1. The molecule has 3 aromatic rings. The fraction of sp³-hybridized carbons (Fsp3) is 0.423. The Hall–Kier alpha value is -4.46. The number of benzene rings is 1. The summed E-state index contributed by atoms with van der Waals surface area (Å²) in [6.45, 7) is 6.50. The number of rotatable bonds is 8. The van der Waals surface area contributed by atoms with Crippen LogP contribution in [0, 0.1) is 5.82 Å². The fourth-order valence-corrected chi connectivity index (χ4v) is 4.66. The van der Waals surface area contributed by atoms with Crippen molar-refractivity contribution >= 4 is 23.5 Å². The van der Waals surface area contributed by atoms with Crippen molar-refractivity contribution in [3.8, 4) is 0 Å². The first-order chi connectivity index (χ1) is 19.1. The number of carboxylic acid groups (broad SMARTS) is 2. The molecule has 0 aliphatic carbocycles. The van der Waals surface area contributed by atoms with Gasteiger partial charge in [-0.2, -0.15) is 9.36 Å². The highest BCUT2D eigenvalue weighted by molar-refractivity contribution is 6.27. The Morgan fingerprint density at radius 1 is 0.950 bits per heavy atom. The summed E-state index contributed by atoms with van der Waals surface area (Å²) in [5.74, 6) is -4.22. The molecule has 214 valence electrons. The van der Waals surface area contributed by atoms with Crippen molar-refractivity contribution in [1.82, 2.24) is 29.7 Å². The number of carboxylic acids is 2. The summed E-state index contributed by atoms with van der Waals surface area (Å²) in [7, 11) is 0. The summed E-state index contributed by atoms with van der Waals surface area (Å²) in [5, 5.41) is 22.6. The van der Waals surface area contributed by atoms with Crippen LogP contribution in [-0.2, 0) is 33.0 Å². The number of hydrogen-bond donors (Lipinski definition) is 2. The van der Waals surface area contributed by atoms with Gasteiger partial charge in [0, 0.05) is 38.8 Å². The van der Waals surface area contributed by atoms with Crippen molar-refractivity contribution < 1.29 is 29.0 Å². The highest BCUT2D eigenvalue weighted by Crippen LogP contribution is 2.42. The molecular weight excluding hydrogens is 525 g/mol. The monoisotopic (exact) mass is 557 g/mol. The predicted molar refractivity (Wildman–Crippen MR) is 141 cm³/mol. The number of piperidine rings is 1. The van der Waals surface area contributed by atoms with E-state index in [1.165, 1.54) is 15.4 Å². The predicted octanol–water partition coefficient (Wildman–Crippen LogP) is 1.58. The van der Waals surface area contributed by atoms with Crippen molar-refractivity contribution in [3.63, 3.8) is 0 Å². The lowest BCUT2D eigenvalue weighted by Gasteiger charge is -2.48. The SMILES string of the molecule is CCC(=O)N(c1ccccc1F)C1(c2ccccn2)CCN(CCn2nnn(CC)c2=O)CC1.O=C(O)C(=O)O. The molecule has 0 atom stereocenters. The van der Waals surface area contributed by atoms with Gasteiger partial charge in [0.05, 0.1) is 23.5 Å².